The smallest absolute Gasteiger partial charge is 0.254 e. The van der Waals surface area contributed by atoms with Crippen LogP contribution in [0.15, 0.2) is 30.3 Å². The van der Waals surface area contributed by atoms with E-state index in [2.05, 4.69) is 0 Å². The maximum Gasteiger partial charge on any atom is 0.254 e. The van der Waals surface area contributed by atoms with Gasteiger partial charge < -0.3 is 34.8 Å². The van der Waals surface area contributed by atoms with Crippen molar-refractivity contribution in [1.29, 1.82) is 0 Å². The SMILES string of the molecule is CO[C@@H]1CN(C(=O)c2ccccc2)C[C@@H](O)[C@H](O)CCCOC[C@@H](O)[C@H]1O. The molecule has 1 fully saturated rings. The van der Waals surface area contributed by atoms with Crippen molar-refractivity contribution in [1.82, 2.24) is 4.90 Å². The summed E-state index contributed by atoms with van der Waals surface area (Å²) in [5.74, 6) is -0.364. The molecule has 4 N–H and O–H groups in total. The zero-order valence-corrected chi connectivity index (χ0v) is 15.5. The predicted molar refractivity (Wildman–Crippen MR) is 97.2 cm³/mol. The van der Waals surface area contributed by atoms with Crippen molar-refractivity contribution in [3.8, 4) is 0 Å². The topological polar surface area (TPSA) is 120 Å². The van der Waals surface area contributed by atoms with Crippen molar-refractivity contribution in [2.45, 2.75) is 43.4 Å². The van der Waals surface area contributed by atoms with E-state index in [4.69, 9.17) is 9.47 Å². The number of rotatable bonds is 2. The molecule has 0 unspecified atom stereocenters. The molecule has 0 aliphatic carbocycles. The average molecular weight is 383 g/mol. The molecule has 152 valence electrons. The number of hydrogen-bond acceptors (Lipinski definition) is 7. The normalized spacial score (nSPS) is 31.4. The lowest BCUT2D eigenvalue weighted by molar-refractivity contribution is -0.105. The van der Waals surface area contributed by atoms with Crippen molar-refractivity contribution in [3.05, 3.63) is 35.9 Å². The van der Waals surface area contributed by atoms with Crippen molar-refractivity contribution in [2.75, 3.05) is 33.4 Å². The van der Waals surface area contributed by atoms with Gasteiger partial charge in [0.15, 0.2) is 0 Å². The van der Waals surface area contributed by atoms with Gasteiger partial charge in [0, 0.05) is 32.4 Å². The third kappa shape index (κ3) is 6.24. The van der Waals surface area contributed by atoms with E-state index in [1.165, 1.54) is 12.0 Å². The van der Waals surface area contributed by atoms with E-state index in [0.29, 0.717) is 18.4 Å². The summed E-state index contributed by atoms with van der Waals surface area (Å²) in [5.41, 5.74) is 0.414. The molecule has 0 radical (unpaired) electrons. The molecule has 1 aliphatic rings. The van der Waals surface area contributed by atoms with Gasteiger partial charge in [0.05, 0.1) is 18.8 Å². The number of carbonyl (C=O) groups is 1. The number of hydrogen-bond donors (Lipinski definition) is 4. The Bertz CT molecular complexity index is 570. The molecule has 2 rings (SSSR count). The van der Waals surface area contributed by atoms with Crippen LogP contribution in [0.5, 0.6) is 0 Å². The van der Waals surface area contributed by atoms with E-state index in [-0.39, 0.29) is 32.2 Å². The minimum absolute atomic E-state index is 0.0633. The van der Waals surface area contributed by atoms with Gasteiger partial charge in [-0.1, -0.05) is 18.2 Å². The molecule has 0 aromatic heterocycles. The number of nitrogens with zero attached hydrogens (tertiary/aromatic N) is 1. The molecule has 0 spiro atoms. The highest BCUT2D eigenvalue weighted by Gasteiger charge is 2.32. The van der Waals surface area contributed by atoms with Crippen LogP contribution < -0.4 is 0 Å². The second kappa shape index (κ2) is 10.7. The fourth-order valence-corrected chi connectivity index (χ4v) is 3.03. The van der Waals surface area contributed by atoms with Crippen molar-refractivity contribution < 1.29 is 34.7 Å². The molecule has 8 nitrogen and oxygen atoms in total. The maximum atomic E-state index is 12.9. The summed E-state index contributed by atoms with van der Waals surface area (Å²) in [5, 5.41) is 41.0. The largest absolute Gasteiger partial charge is 0.390 e. The summed E-state index contributed by atoms with van der Waals surface area (Å²) in [4.78, 5) is 14.2. The number of amides is 1. The third-order valence-electron chi connectivity index (χ3n) is 4.71. The Hall–Kier alpha value is -1.55. The maximum absolute atomic E-state index is 12.9. The van der Waals surface area contributed by atoms with Gasteiger partial charge in [0.1, 0.15) is 18.3 Å². The Balaban J connectivity index is 2.25. The van der Waals surface area contributed by atoms with Crippen LogP contribution in [0.25, 0.3) is 0 Å². The molecular weight excluding hydrogens is 354 g/mol. The minimum Gasteiger partial charge on any atom is -0.390 e. The van der Waals surface area contributed by atoms with Crippen LogP contribution in [0, 0.1) is 0 Å². The van der Waals surface area contributed by atoms with E-state index < -0.39 is 30.5 Å². The number of methoxy groups -OCH3 is 1. The lowest BCUT2D eigenvalue weighted by atomic mass is 10.1. The van der Waals surface area contributed by atoms with E-state index >= 15 is 0 Å². The molecule has 1 aliphatic heterocycles. The molecule has 27 heavy (non-hydrogen) atoms. The average Bonchev–Trinajstić information content (AvgIpc) is 2.69. The van der Waals surface area contributed by atoms with Gasteiger partial charge in [-0.25, -0.2) is 0 Å². The number of ether oxygens (including phenoxy) is 2. The van der Waals surface area contributed by atoms with Crippen LogP contribution >= 0.6 is 0 Å². The summed E-state index contributed by atoms with van der Waals surface area (Å²) in [6.45, 7) is -0.00512. The molecular formula is C19H29NO7. The first-order valence-electron chi connectivity index (χ1n) is 9.11. The number of aliphatic hydroxyl groups excluding tert-OH is 4. The van der Waals surface area contributed by atoms with Gasteiger partial charge in [0.2, 0.25) is 0 Å². The number of aliphatic hydroxyl groups is 4. The number of β-amino-alcohol motifs (C(OH)–C–C–N with tert-alkyl or cyclic N) is 1. The summed E-state index contributed by atoms with van der Waals surface area (Å²) in [6, 6.07) is 8.53. The summed E-state index contributed by atoms with van der Waals surface area (Å²) < 4.78 is 10.6. The molecule has 5 atom stereocenters. The molecule has 8 heteroatoms. The number of benzene rings is 1. The monoisotopic (exact) mass is 383 g/mol. The van der Waals surface area contributed by atoms with Gasteiger partial charge in [0.25, 0.3) is 5.91 Å². The third-order valence-corrected chi connectivity index (χ3v) is 4.71. The molecule has 1 saturated heterocycles. The first kappa shape index (κ1) is 21.7. The van der Waals surface area contributed by atoms with Crippen LogP contribution in [-0.4, -0.2) is 95.2 Å². The van der Waals surface area contributed by atoms with Crippen LogP contribution in [0.1, 0.15) is 23.2 Å². The van der Waals surface area contributed by atoms with Crippen molar-refractivity contribution in [2.24, 2.45) is 0 Å². The molecule has 1 heterocycles. The lowest BCUT2D eigenvalue weighted by Gasteiger charge is -2.33. The number of carbonyl (C=O) groups excluding carboxylic acids is 1. The highest BCUT2D eigenvalue weighted by molar-refractivity contribution is 5.94. The Kier molecular flexibility index (Phi) is 8.62. The van der Waals surface area contributed by atoms with Gasteiger partial charge >= 0.3 is 0 Å². The molecule has 0 bridgehead atoms. The summed E-state index contributed by atoms with van der Waals surface area (Å²) in [7, 11) is 1.37. The second-order valence-corrected chi connectivity index (χ2v) is 6.76. The summed E-state index contributed by atoms with van der Waals surface area (Å²) >= 11 is 0. The van der Waals surface area contributed by atoms with E-state index in [0.717, 1.165) is 0 Å². The van der Waals surface area contributed by atoms with Crippen LogP contribution in [0.3, 0.4) is 0 Å². The van der Waals surface area contributed by atoms with Crippen LogP contribution in [0.2, 0.25) is 0 Å². The zero-order chi connectivity index (χ0) is 19.8. The zero-order valence-electron chi connectivity index (χ0n) is 15.5. The minimum atomic E-state index is -1.27. The van der Waals surface area contributed by atoms with Crippen molar-refractivity contribution >= 4 is 5.91 Å². The summed E-state index contributed by atoms with van der Waals surface area (Å²) in [6.07, 6.45) is -4.75. The Morgan fingerprint density at radius 2 is 1.78 bits per heavy atom. The second-order valence-electron chi connectivity index (χ2n) is 6.76. The van der Waals surface area contributed by atoms with Crippen molar-refractivity contribution in [3.63, 3.8) is 0 Å². The Morgan fingerprint density at radius 3 is 2.44 bits per heavy atom. The van der Waals surface area contributed by atoms with Gasteiger partial charge in [-0.05, 0) is 25.0 Å². The highest BCUT2D eigenvalue weighted by atomic mass is 16.5. The first-order valence-corrected chi connectivity index (χ1v) is 9.11. The first-order chi connectivity index (χ1) is 12.9. The standard InChI is InChI=1S/C19H29NO7/c1-26-17-11-20(19(25)13-6-3-2-4-7-13)10-15(22)14(21)8-5-9-27-12-16(23)18(17)24/h2-4,6-7,14-18,21-24H,5,8-12H2,1H3/t14-,15-,16-,17-,18-/m1/s1. The molecule has 1 amide bonds. The Morgan fingerprint density at radius 1 is 1.07 bits per heavy atom. The highest BCUT2D eigenvalue weighted by Crippen LogP contribution is 2.14. The van der Waals surface area contributed by atoms with Crippen LogP contribution in [0.4, 0.5) is 0 Å². The van der Waals surface area contributed by atoms with Gasteiger partial charge in [-0.15, -0.1) is 0 Å². The van der Waals surface area contributed by atoms with E-state index in [9.17, 15) is 25.2 Å². The van der Waals surface area contributed by atoms with E-state index in [1.807, 2.05) is 0 Å². The molecule has 0 saturated carbocycles. The Labute approximate surface area is 158 Å². The van der Waals surface area contributed by atoms with E-state index in [1.54, 1.807) is 30.3 Å². The lowest BCUT2D eigenvalue weighted by Crippen LogP contribution is -2.51. The fraction of sp³-hybridized carbons (Fsp3) is 0.632. The predicted octanol–water partition coefficient (Wildman–Crippen LogP) is -0.602. The fourth-order valence-electron chi connectivity index (χ4n) is 3.03. The molecule has 1 aromatic carbocycles. The quantitative estimate of drug-likeness (QED) is 0.538. The molecule has 1 aromatic rings. The van der Waals surface area contributed by atoms with Gasteiger partial charge in [-0.2, -0.15) is 0 Å². The van der Waals surface area contributed by atoms with Crippen LogP contribution in [-0.2, 0) is 9.47 Å². The van der Waals surface area contributed by atoms with Gasteiger partial charge in [-0.3, -0.25) is 4.79 Å².